The van der Waals surface area contributed by atoms with Crippen LogP contribution >= 0.6 is 47.8 Å². The van der Waals surface area contributed by atoms with Gasteiger partial charge in [-0.25, -0.2) is 4.79 Å². The van der Waals surface area contributed by atoms with Gasteiger partial charge in [0.2, 0.25) is 6.29 Å². The minimum Gasteiger partial charge on any atom is -0.460 e. The van der Waals surface area contributed by atoms with Crippen LogP contribution in [0.4, 0.5) is 0 Å². The van der Waals surface area contributed by atoms with Crippen LogP contribution in [0, 0.1) is 0 Å². The predicted octanol–water partition coefficient (Wildman–Crippen LogP) is 4.75. The largest absolute Gasteiger partial charge is 0.460 e. The highest BCUT2D eigenvalue weighted by atomic mass is 79.9. The van der Waals surface area contributed by atoms with Crippen LogP contribution < -0.4 is 4.74 Å². The molecule has 0 aliphatic rings. The Bertz CT molecular complexity index is 502. The highest BCUT2D eigenvalue weighted by molar-refractivity contribution is 9.14. The van der Waals surface area contributed by atoms with Crippen molar-refractivity contribution in [2.75, 3.05) is 0 Å². The van der Waals surface area contributed by atoms with Gasteiger partial charge in [0.15, 0.2) is 0 Å². The van der Waals surface area contributed by atoms with E-state index in [-0.39, 0.29) is 5.57 Å². The van der Waals surface area contributed by atoms with E-state index in [4.69, 9.17) is 9.62 Å². The van der Waals surface area contributed by atoms with Crippen molar-refractivity contribution in [2.45, 2.75) is 20.1 Å². The van der Waals surface area contributed by atoms with Crippen molar-refractivity contribution in [1.82, 2.24) is 0 Å². The van der Waals surface area contributed by atoms with Gasteiger partial charge in [-0.1, -0.05) is 6.58 Å². The maximum atomic E-state index is 11.1. The van der Waals surface area contributed by atoms with Gasteiger partial charge < -0.3 is 4.74 Å². The monoisotopic (exact) mass is 456 g/mol. The molecule has 1 aromatic carbocycles. The zero-order chi connectivity index (χ0) is 14.6. The summed E-state index contributed by atoms with van der Waals surface area (Å²) in [5.74, 6) is -0.0829. The number of hydrogen-bond acceptors (Lipinski definition) is 4. The standard InChI is InChI=1S/C12H11Br3O4/c1-6(2)12(16)19-18-7(3)17-9-5-4-8(13)10(14)11(9)15/h4-5,7H,1H2,2-3H3. The van der Waals surface area contributed by atoms with Crippen LogP contribution in [0.5, 0.6) is 5.75 Å². The van der Waals surface area contributed by atoms with Crippen LogP contribution in [0.1, 0.15) is 13.8 Å². The summed E-state index contributed by atoms with van der Waals surface area (Å²) < 4.78 is 7.91. The topological polar surface area (TPSA) is 44.8 Å². The molecule has 0 spiro atoms. The summed E-state index contributed by atoms with van der Waals surface area (Å²) in [5.41, 5.74) is 0.250. The third-order valence-electron chi connectivity index (χ3n) is 1.90. The summed E-state index contributed by atoms with van der Waals surface area (Å²) in [6.07, 6.45) is -0.757. The number of rotatable bonds is 5. The van der Waals surface area contributed by atoms with Crippen molar-refractivity contribution in [3.05, 3.63) is 37.7 Å². The second-order valence-electron chi connectivity index (χ2n) is 3.61. The lowest BCUT2D eigenvalue weighted by atomic mass is 10.3. The summed E-state index contributed by atoms with van der Waals surface area (Å²) in [6, 6.07) is 3.57. The second-order valence-corrected chi connectivity index (χ2v) is 6.05. The maximum absolute atomic E-state index is 11.1. The van der Waals surface area contributed by atoms with Crippen LogP contribution in [0.25, 0.3) is 0 Å². The average Bonchev–Trinajstić information content (AvgIpc) is 2.36. The van der Waals surface area contributed by atoms with Crippen LogP contribution in [0.3, 0.4) is 0 Å². The molecule has 0 fully saturated rings. The molecule has 1 unspecified atom stereocenters. The molecule has 0 heterocycles. The number of ether oxygens (including phenoxy) is 1. The molecule has 7 heteroatoms. The SMILES string of the molecule is C=C(C)C(=O)OOC(C)Oc1ccc(Br)c(Br)c1Br. The molecule has 0 amide bonds. The molecule has 1 atom stereocenters. The number of halogens is 3. The number of carbonyl (C=O) groups excluding carboxylic acids is 1. The lowest BCUT2D eigenvalue weighted by Gasteiger charge is -2.15. The van der Waals surface area contributed by atoms with Gasteiger partial charge in [-0.05, 0) is 66.8 Å². The fourth-order valence-electron chi connectivity index (χ4n) is 0.980. The molecule has 0 bridgehead atoms. The Morgan fingerprint density at radius 3 is 2.47 bits per heavy atom. The number of carbonyl (C=O) groups is 1. The summed E-state index contributed by atoms with van der Waals surface area (Å²) >= 11 is 10.1. The van der Waals surface area contributed by atoms with E-state index in [0.29, 0.717) is 5.75 Å². The molecule has 1 aromatic rings. The van der Waals surface area contributed by atoms with Crippen LogP contribution in [-0.4, -0.2) is 12.3 Å². The van der Waals surface area contributed by atoms with Crippen molar-refractivity contribution in [1.29, 1.82) is 0 Å². The molecule has 0 aliphatic heterocycles. The normalized spacial score (nSPS) is 11.8. The smallest absolute Gasteiger partial charge is 0.368 e. The molecule has 4 nitrogen and oxygen atoms in total. The van der Waals surface area contributed by atoms with Gasteiger partial charge in [0.25, 0.3) is 0 Å². The zero-order valence-corrected chi connectivity index (χ0v) is 15.0. The van der Waals surface area contributed by atoms with Gasteiger partial charge in [0, 0.05) is 21.4 Å². The minimum absolute atomic E-state index is 0.250. The van der Waals surface area contributed by atoms with E-state index in [9.17, 15) is 4.79 Å². The molecule has 0 saturated carbocycles. The lowest BCUT2D eigenvalue weighted by Crippen LogP contribution is -2.19. The van der Waals surface area contributed by atoms with Gasteiger partial charge >= 0.3 is 5.97 Å². The summed E-state index contributed by atoms with van der Waals surface area (Å²) in [6.45, 7) is 6.57. The van der Waals surface area contributed by atoms with Crippen molar-refractivity contribution in [2.24, 2.45) is 0 Å². The van der Waals surface area contributed by atoms with Crippen molar-refractivity contribution >= 4 is 53.8 Å². The van der Waals surface area contributed by atoms with Crippen LogP contribution in [0.15, 0.2) is 37.7 Å². The van der Waals surface area contributed by atoms with Crippen molar-refractivity contribution in [3.8, 4) is 5.75 Å². The summed E-state index contributed by atoms with van der Waals surface area (Å²) in [7, 11) is 0. The third kappa shape index (κ3) is 4.91. The molecule has 0 radical (unpaired) electrons. The Hall–Kier alpha value is -0.370. The third-order valence-corrected chi connectivity index (χ3v) is 5.24. The minimum atomic E-state index is -0.757. The highest BCUT2D eigenvalue weighted by Gasteiger charge is 2.14. The molecular formula is C12H11Br3O4. The molecule has 0 aromatic heterocycles. The van der Waals surface area contributed by atoms with Gasteiger partial charge in [-0.2, -0.15) is 0 Å². The van der Waals surface area contributed by atoms with E-state index < -0.39 is 12.3 Å². The zero-order valence-electron chi connectivity index (χ0n) is 10.2. The van der Waals surface area contributed by atoms with E-state index in [0.717, 1.165) is 13.4 Å². The van der Waals surface area contributed by atoms with Crippen LogP contribution in [-0.2, 0) is 14.6 Å². The molecule has 19 heavy (non-hydrogen) atoms. The lowest BCUT2D eigenvalue weighted by molar-refractivity contribution is -0.327. The Balaban J connectivity index is 2.63. The van der Waals surface area contributed by atoms with Crippen molar-refractivity contribution < 1.29 is 19.3 Å². The Kier molecular flexibility index (Phi) is 6.52. The first-order valence-electron chi connectivity index (χ1n) is 5.16. The van der Waals surface area contributed by atoms with Crippen molar-refractivity contribution in [3.63, 3.8) is 0 Å². The molecule has 104 valence electrons. The first kappa shape index (κ1) is 16.7. The van der Waals surface area contributed by atoms with E-state index >= 15 is 0 Å². The van der Waals surface area contributed by atoms with Gasteiger partial charge in [0.05, 0.1) is 4.47 Å². The second kappa shape index (κ2) is 7.42. The van der Waals surface area contributed by atoms with E-state index in [2.05, 4.69) is 59.3 Å². The molecule has 0 saturated heterocycles. The van der Waals surface area contributed by atoms with Gasteiger partial charge in [-0.15, -0.1) is 4.89 Å². The fourth-order valence-corrected chi connectivity index (χ4v) is 2.34. The van der Waals surface area contributed by atoms with Crippen LogP contribution in [0.2, 0.25) is 0 Å². The van der Waals surface area contributed by atoms with E-state index in [1.165, 1.54) is 6.92 Å². The summed E-state index contributed by atoms with van der Waals surface area (Å²) in [5, 5.41) is 0. The molecule has 0 aliphatic carbocycles. The average molecular weight is 459 g/mol. The Morgan fingerprint density at radius 1 is 1.26 bits per heavy atom. The summed E-state index contributed by atoms with van der Waals surface area (Å²) in [4.78, 5) is 20.5. The quantitative estimate of drug-likeness (QED) is 0.210. The first-order chi connectivity index (χ1) is 8.82. The van der Waals surface area contributed by atoms with E-state index in [1.807, 2.05) is 6.07 Å². The molecular weight excluding hydrogens is 448 g/mol. The number of hydrogen-bond donors (Lipinski definition) is 0. The maximum Gasteiger partial charge on any atom is 0.368 e. The van der Waals surface area contributed by atoms with Gasteiger partial charge in [0.1, 0.15) is 5.75 Å². The van der Waals surface area contributed by atoms with Gasteiger partial charge in [-0.3, -0.25) is 4.89 Å². The first-order valence-corrected chi connectivity index (χ1v) is 7.54. The Morgan fingerprint density at radius 2 is 1.89 bits per heavy atom. The number of benzene rings is 1. The molecule has 1 rings (SSSR count). The fraction of sp³-hybridized carbons (Fsp3) is 0.250. The molecule has 0 N–H and O–H groups in total. The highest BCUT2D eigenvalue weighted by Crippen LogP contribution is 2.38. The van der Waals surface area contributed by atoms with E-state index in [1.54, 1.807) is 13.0 Å². The Labute approximate surface area is 136 Å². The predicted molar refractivity (Wildman–Crippen MR) is 81.6 cm³/mol.